The predicted molar refractivity (Wildman–Crippen MR) is 48.6 cm³/mol. The molecule has 0 amide bonds. The van der Waals surface area contributed by atoms with E-state index in [0.717, 1.165) is 0 Å². The van der Waals surface area contributed by atoms with Crippen molar-refractivity contribution in [2.45, 2.75) is 0 Å². The van der Waals surface area contributed by atoms with Crippen molar-refractivity contribution in [3.05, 3.63) is 36.7 Å². The van der Waals surface area contributed by atoms with Gasteiger partial charge >= 0.3 is 0 Å². The molecule has 13 heavy (non-hydrogen) atoms. The number of halogens is 1. The van der Waals surface area contributed by atoms with Gasteiger partial charge in [0.05, 0.1) is 7.11 Å². The average molecular weight is 182 g/mol. The number of benzene rings is 1. The SMILES string of the molecule is C=CCOc1cccc(F)c1OC. The smallest absolute Gasteiger partial charge is 0.196 e. The second-order valence-electron chi connectivity index (χ2n) is 2.37. The minimum atomic E-state index is -0.427. The highest BCUT2D eigenvalue weighted by Crippen LogP contribution is 2.29. The Kier molecular flexibility index (Phi) is 3.31. The predicted octanol–water partition coefficient (Wildman–Crippen LogP) is 2.40. The van der Waals surface area contributed by atoms with E-state index in [4.69, 9.17) is 9.47 Å². The number of para-hydroxylation sites is 1. The molecule has 0 heterocycles. The molecule has 2 nitrogen and oxygen atoms in total. The Morgan fingerprint density at radius 3 is 2.92 bits per heavy atom. The van der Waals surface area contributed by atoms with E-state index < -0.39 is 5.82 Å². The molecular formula is C10H11FO2. The van der Waals surface area contributed by atoms with E-state index >= 15 is 0 Å². The molecule has 0 radical (unpaired) electrons. The maximum Gasteiger partial charge on any atom is 0.196 e. The monoisotopic (exact) mass is 182 g/mol. The summed E-state index contributed by atoms with van der Waals surface area (Å²) in [6.45, 7) is 3.83. The highest BCUT2D eigenvalue weighted by molar-refractivity contribution is 5.40. The molecular weight excluding hydrogens is 171 g/mol. The fourth-order valence-corrected chi connectivity index (χ4v) is 0.950. The van der Waals surface area contributed by atoms with Crippen LogP contribution in [-0.4, -0.2) is 13.7 Å². The highest BCUT2D eigenvalue weighted by Gasteiger charge is 2.08. The van der Waals surface area contributed by atoms with Crippen molar-refractivity contribution >= 4 is 0 Å². The Balaban J connectivity index is 2.91. The van der Waals surface area contributed by atoms with Crippen LogP contribution in [0.1, 0.15) is 0 Å². The van der Waals surface area contributed by atoms with Gasteiger partial charge in [-0.3, -0.25) is 0 Å². The van der Waals surface area contributed by atoms with Gasteiger partial charge in [-0.2, -0.15) is 0 Å². The molecule has 0 aliphatic carbocycles. The molecule has 0 saturated carbocycles. The summed E-state index contributed by atoms with van der Waals surface area (Å²) >= 11 is 0. The Bertz CT molecular complexity index is 297. The quantitative estimate of drug-likeness (QED) is 0.665. The van der Waals surface area contributed by atoms with Crippen molar-refractivity contribution in [1.29, 1.82) is 0 Å². The molecule has 1 aromatic rings. The third kappa shape index (κ3) is 2.21. The average Bonchev–Trinajstić information content (AvgIpc) is 2.15. The third-order valence-electron chi connectivity index (χ3n) is 1.49. The molecule has 0 aliphatic heterocycles. The number of hydrogen-bond donors (Lipinski definition) is 0. The van der Waals surface area contributed by atoms with Crippen molar-refractivity contribution in [2.75, 3.05) is 13.7 Å². The zero-order valence-corrected chi connectivity index (χ0v) is 7.42. The first-order valence-corrected chi connectivity index (χ1v) is 3.85. The summed E-state index contributed by atoms with van der Waals surface area (Å²) in [6, 6.07) is 4.53. The molecule has 0 fully saturated rings. The second kappa shape index (κ2) is 4.50. The van der Waals surface area contributed by atoms with Gasteiger partial charge < -0.3 is 9.47 Å². The van der Waals surface area contributed by atoms with Gasteiger partial charge in [-0.1, -0.05) is 18.7 Å². The van der Waals surface area contributed by atoms with Crippen LogP contribution in [0.25, 0.3) is 0 Å². The van der Waals surface area contributed by atoms with Gasteiger partial charge in [-0.05, 0) is 12.1 Å². The summed E-state index contributed by atoms with van der Waals surface area (Å²) in [5.41, 5.74) is 0. The summed E-state index contributed by atoms with van der Waals surface area (Å²) < 4.78 is 23.1. The lowest BCUT2D eigenvalue weighted by Gasteiger charge is -2.08. The van der Waals surface area contributed by atoms with Crippen molar-refractivity contribution < 1.29 is 13.9 Å². The Hall–Kier alpha value is -1.51. The lowest BCUT2D eigenvalue weighted by atomic mass is 10.3. The number of ether oxygens (including phenoxy) is 2. The van der Waals surface area contributed by atoms with E-state index in [2.05, 4.69) is 6.58 Å². The fraction of sp³-hybridized carbons (Fsp3) is 0.200. The van der Waals surface area contributed by atoms with Crippen molar-refractivity contribution in [2.24, 2.45) is 0 Å². The van der Waals surface area contributed by atoms with Gasteiger partial charge in [0.2, 0.25) is 0 Å². The summed E-state index contributed by atoms with van der Waals surface area (Å²) in [5.74, 6) is 0.0933. The first kappa shape index (κ1) is 9.58. The van der Waals surface area contributed by atoms with Gasteiger partial charge in [0, 0.05) is 0 Å². The van der Waals surface area contributed by atoms with E-state index in [-0.39, 0.29) is 5.75 Å². The minimum absolute atomic E-state index is 0.129. The second-order valence-corrected chi connectivity index (χ2v) is 2.37. The van der Waals surface area contributed by atoms with E-state index in [9.17, 15) is 4.39 Å². The van der Waals surface area contributed by atoms with Crippen molar-refractivity contribution in [1.82, 2.24) is 0 Å². The molecule has 0 unspecified atom stereocenters. The summed E-state index contributed by atoms with van der Waals surface area (Å²) in [7, 11) is 1.40. The summed E-state index contributed by atoms with van der Waals surface area (Å²) in [4.78, 5) is 0. The van der Waals surface area contributed by atoms with Gasteiger partial charge in [0.25, 0.3) is 0 Å². The van der Waals surface area contributed by atoms with Crippen LogP contribution in [-0.2, 0) is 0 Å². The van der Waals surface area contributed by atoms with Crippen molar-refractivity contribution in [3.63, 3.8) is 0 Å². The first-order chi connectivity index (χ1) is 6.29. The standard InChI is InChI=1S/C10H11FO2/c1-3-7-13-9-6-4-5-8(11)10(9)12-2/h3-6H,1,7H2,2H3. The van der Waals surface area contributed by atoms with Crippen LogP contribution in [0.2, 0.25) is 0 Å². The van der Waals surface area contributed by atoms with Gasteiger partial charge in [0.1, 0.15) is 6.61 Å². The maximum absolute atomic E-state index is 13.0. The Morgan fingerprint density at radius 2 is 2.31 bits per heavy atom. The molecule has 3 heteroatoms. The van der Waals surface area contributed by atoms with Crippen LogP contribution >= 0.6 is 0 Å². The Morgan fingerprint density at radius 1 is 1.54 bits per heavy atom. The molecule has 0 spiro atoms. The van der Waals surface area contributed by atoms with Crippen molar-refractivity contribution in [3.8, 4) is 11.5 Å². The molecule has 0 atom stereocenters. The number of rotatable bonds is 4. The Labute approximate surface area is 76.6 Å². The largest absolute Gasteiger partial charge is 0.490 e. The highest BCUT2D eigenvalue weighted by atomic mass is 19.1. The van der Waals surface area contributed by atoms with E-state index in [1.165, 1.54) is 13.2 Å². The first-order valence-electron chi connectivity index (χ1n) is 3.85. The van der Waals surface area contributed by atoms with Gasteiger partial charge in [-0.25, -0.2) is 4.39 Å². The summed E-state index contributed by atoms with van der Waals surface area (Å²) in [5, 5.41) is 0. The van der Waals surface area contributed by atoms with E-state index in [0.29, 0.717) is 12.4 Å². The van der Waals surface area contributed by atoms with Crippen LogP contribution < -0.4 is 9.47 Å². The van der Waals surface area contributed by atoms with Crippen LogP contribution in [0.5, 0.6) is 11.5 Å². The maximum atomic E-state index is 13.0. The summed E-state index contributed by atoms with van der Waals surface area (Å²) in [6.07, 6.45) is 1.59. The lowest BCUT2D eigenvalue weighted by molar-refractivity contribution is 0.314. The van der Waals surface area contributed by atoms with Crippen LogP contribution in [0.4, 0.5) is 4.39 Å². The van der Waals surface area contributed by atoms with Crippen LogP contribution in [0.15, 0.2) is 30.9 Å². The molecule has 70 valence electrons. The number of methoxy groups -OCH3 is 1. The van der Waals surface area contributed by atoms with Crippen LogP contribution in [0.3, 0.4) is 0 Å². The fourth-order valence-electron chi connectivity index (χ4n) is 0.950. The van der Waals surface area contributed by atoms with E-state index in [1.54, 1.807) is 18.2 Å². The van der Waals surface area contributed by atoms with Gasteiger partial charge in [0.15, 0.2) is 17.3 Å². The molecule has 0 saturated heterocycles. The third-order valence-corrected chi connectivity index (χ3v) is 1.49. The minimum Gasteiger partial charge on any atom is -0.490 e. The van der Waals surface area contributed by atoms with E-state index in [1.807, 2.05) is 0 Å². The zero-order chi connectivity index (χ0) is 9.68. The normalized spacial score (nSPS) is 9.38. The molecule has 1 rings (SSSR count). The lowest BCUT2D eigenvalue weighted by Crippen LogP contribution is -1.97. The molecule has 0 N–H and O–H groups in total. The topological polar surface area (TPSA) is 18.5 Å². The molecule has 0 aliphatic rings. The van der Waals surface area contributed by atoms with Gasteiger partial charge in [-0.15, -0.1) is 0 Å². The number of hydrogen-bond acceptors (Lipinski definition) is 2. The van der Waals surface area contributed by atoms with Crippen LogP contribution in [0, 0.1) is 5.82 Å². The molecule has 0 aromatic heterocycles. The zero-order valence-electron chi connectivity index (χ0n) is 7.42. The molecule has 1 aromatic carbocycles. The molecule has 0 bridgehead atoms.